The lowest BCUT2D eigenvalue weighted by Crippen LogP contribution is -2.35. The van der Waals surface area contributed by atoms with Crippen LogP contribution in [0.2, 0.25) is 0 Å². The normalized spacial score (nSPS) is 18.0. The molecule has 2 atom stereocenters. The van der Waals surface area contributed by atoms with Gasteiger partial charge in [-0.25, -0.2) is 0 Å². The molecule has 3 nitrogen and oxygen atoms in total. The standard InChI is InChI=1S/C8H19NO2/c1-8(2,3)7(11)4-6(9)5-10/h6-7,10-11H,4-5,9H2,1-3H3/t6-,7+/m0/s1. The maximum absolute atomic E-state index is 9.50. The molecule has 0 amide bonds. The molecule has 4 N–H and O–H groups in total. The number of nitrogens with two attached hydrogens (primary N) is 1. The third-order valence-corrected chi connectivity index (χ3v) is 1.76. The molecule has 0 rings (SSSR count). The smallest absolute Gasteiger partial charge is 0.0604 e. The molecule has 0 unspecified atom stereocenters. The molecule has 11 heavy (non-hydrogen) atoms. The summed E-state index contributed by atoms with van der Waals surface area (Å²) in [6.45, 7) is 5.78. The zero-order chi connectivity index (χ0) is 9.07. The molecule has 0 fully saturated rings. The van der Waals surface area contributed by atoms with E-state index in [1.165, 1.54) is 0 Å². The van der Waals surface area contributed by atoms with Gasteiger partial charge in [0.2, 0.25) is 0 Å². The second kappa shape index (κ2) is 4.04. The van der Waals surface area contributed by atoms with Crippen LogP contribution in [0, 0.1) is 5.41 Å². The molecule has 3 heteroatoms. The quantitative estimate of drug-likeness (QED) is 0.550. The highest BCUT2D eigenvalue weighted by Gasteiger charge is 2.23. The predicted molar refractivity (Wildman–Crippen MR) is 45.1 cm³/mol. The van der Waals surface area contributed by atoms with Crippen molar-refractivity contribution in [3.63, 3.8) is 0 Å². The van der Waals surface area contributed by atoms with Crippen molar-refractivity contribution >= 4 is 0 Å². The van der Waals surface area contributed by atoms with Crippen LogP contribution >= 0.6 is 0 Å². The van der Waals surface area contributed by atoms with Crippen LogP contribution in [0.4, 0.5) is 0 Å². The van der Waals surface area contributed by atoms with Crippen LogP contribution in [0.1, 0.15) is 27.2 Å². The Balaban J connectivity index is 3.77. The van der Waals surface area contributed by atoms with Gasteiger partial charge in [-0.3, -0.25) is 0 Å². The lowest BCUT2D eigenvalue weighted by molar-refractivity contribution is 0.0439. The van der Waals surface area contributed by atoms with Gasteiger partial charge in [0.15, 0.2) is 0 Å². The van der Waals surface area contributed by atoms with Gasteiger partial charge in [-0.2, -0.15) is 0 Å². The van der Waals surface area contributed by atoms with Crippen LogP contribution in [0.5, 0.6) is 0 Å². The Morgan fingerprint density at radius 2 is 1.82 bits per heavy atom. The molecule has 0 aromatic carbocycles. The second-order valence-electron chi connectivity index (χ2n) is 4.06. The fraction of sp³-hybridized carbons (Fsp3) is 1.00. The fourth-order valence-corrected chi connectivity index (χ4v) is 0.715. The number of rotatable bonds is 3. The Morgan fingerprint density at radius 3 is 2.09 bits per heavy atom. The summed E-state index contributed by atoms with van der Waals surface area (Å²) >= 11 is 0. The van der Waals surface area contributed by atoms with Crippen molar-refractivity contribution in [2.75, 3.05) is 6.61 Å². The van der Waals surface area contributed by atoms with Gasteiger partial charge in [-0.05, 0) is 11.8 Å². The van der Waals surface area contributed by atoms with E-state index in [0.717, 1.165) is 0 Å². The summed E-state index contributed by atoms with van der Waals surface area (Å²) < 4.78 is 0. The van der Waals surface area contributed by atoms with Crippen molar-refractivity contribution < 1.29 is 10.2 Å². The summed E-state index contributed by atoms with van der Waals surface area (Å²) in [5.41, 5.74) is 5.31. The predicted octanol–water partition coefficient (Wildman–Crippen LogP) is 0.103. The van der Waals surface area contributed by atoms with Crippen molar-refractivity contribution in [2.24, 2.45) is 11.1 Å². The molecule has 0 aliphatic heterocycles. The molecule has 0 aliphatic carbocycles. The average molecular weight is 161 g/mol. The minimum atomic E-state index is -0.440. The highest BCUT2D eigenvalue weighted by Crippen LogP contribution is 2.21. The minimum Gasteiger partial charge on any atom is -0.395 e. The molecule has 68 valence electrons. The first-order valence-electron chi connectivity index (χ1n) is 3.92. The second-order valence-corrected chi connectivity index (χ2v) is 4.06. The zero-order valence-electron chi connectivity index (χ0n) is 7.54. The molecule has 0 heterocycles. The molecule has 0 saturated heterocycles. The molecule has 0 aliphatic rings. The number of hydrogen-bond acceptors (Lipinski definition) is 3. The maximum Gasteiger partial charge on any atom is 0.0604 e. The van der Waals surface area contributed by atoms with Gasteiger partial charge in [0.25, 0.3) is 0 Å². The van der Waals surface area contributed by atoms with Crippen LogP contribution in [-0.2, 0) is 0 Å². The third-order valence-electron chi connectivity index (χ3n) is 1.76. The van der Waals surface area contributed by atoms with Crippen LogP contribution in [-0.4, -0.2) is 29.0 Å². The Labute approximate surface area is 68.2 Å². The van der Waals surface area contributed by atoms with Gasteiger partial charge in [-0.15, -0.1) is 0 Å². The monoisotopic (exact) mass is 161 g/mol. The summed E-state index contributed by atoms with van der Waals surface area (Å²) in [6, 6.07) is -0.302. The first kappa shape index (κ1) is 10.9. The first-order valence-corrected chi connectivity index (χ1v) is 3.92. The molecule has 0 bridgehead atoms. The maximum atomic E-state index is 9.50. The van der Waals surface area contributed by atoms with Crippen LogP contribution in [0.3, 0.4) is 0 Å². The van der Waals surface area contributed by atoms with Gasteiger partial charge in [0.05, 0.1) is 12.7 Å². The SMILES string of the molecule is CC(C)(C)[C@H](O)C[C@H](N)CO. The summed E-state index contributed by atoms with van der Waals surface area (Å²) in [4.78, 5) is 0. The molecule has 0 aromatic heterocycles. The lowest BCUT2D eigenvalue weighted by Gasteiger charge is -2.27. The van der Waals surface area contributed by atoms with E-state index in [-0.39, 0.29) is 18.1 Å². The van der Waals surface area contributed by atoms with Gasteiger partial charge in [0.1, 0.15) is 0 Å². The molecule has 0 spiro atoms. The van der Waals surface area contributed by atoms with Gasteiger partial charge >= 0.3 is 0 Å². The van der Waals surface area contributed by atoms with Gasteiger partial charge in [-0.1, -0.05) is 20.8 Å². The largest absolute Gasteiger partial charge is 0.395 e. The van der Waals surface area contributed by atoms with E-state index in [0.29, 0.717) is 6.42 Å². The summed E-state index contributed by atoms with van der Waals surface area (Å²) in [5, 5.41) is 18.1. The molecule has 0 radical (unpaired) electrons. The van der Waals surface area contributed by atoms with Crippen molar-refractivity contribution in [1.29, 1.82) is 0 Å². The summed E-state index contributed by atoms with van der Waals surface area (Å²) in [7, 11) is 0. The lowest BCUT2D eigenvalue weighted by atomic mass is 9.86. The Morgan fingerprint density at radius 1 is 1.36 bits per heavy atom. The third kappa shape index (κ3) is 4.35. The van der Waals surface area contributed by atoms with E-state index in [1.807, 2.05) is 20.8 Å². The van der Waals surface area contributed by atoms with Crippen molar-refractivity contribution in [3.05, 3.63) is 0 Å². The summed E-state index contributed by atoms with van der Waals surface area (Å²) in [6.07, 6.45) is 0.0182. The number of aliphatic hydroxyl groups is 2. The Hall–Kier alpha value is -0.120. The molecular weight excluding hydrogens is 142 g/mol. The van der Waals surface area contributed by atoms with Crippen LogP contribution < -0.4 is 5.73 Å². The van der Waals surface area contributed by atoms with E-state index in [9.17, 15) is 5.11 Å². The number of hydrogen-bond donors (Lipinski definition) is 3. The van der Waals surface area contributed by atoms with Crippen molar-refractivity contribution in [1.82, 2.24) is 0 Å². The summed E-state index contributed by atoms with van der Waals surface area (Å²) in [5.74, 6) is 0. The van der Waals surface area contributed by atoms with Crippen LogP contribution in [0.15, 0.2) is 0 Å². The highest BCUT2D eigenvalue weighted by molar-refractivity contribution is 4.76. The van der Waals surface area contributed by atoms with Crippen molar-refractivity contribution in [2.45, 2.75) is 39.3 Å². The fourth-order valence-electron chi connectivity index (χ4n) is 0.715. The Bertz CT molecular complexity index is 109. The molecule has 0 saturated carbocycles. The van der Waals surface area contributed by atoms with E-state index in [4.69, 9.17) is 10.8 Å². The topological polar surface area (TPSA) is 66.5 Å². The van der Waals surface area contributed by atoms with Gasteiger partial charge in [0, 0.05) is 6.04 Å². The Kier molecular flexibility index (Phi) is 4.00. The zero-order valence-corrected chi connectivity index (χ0v) is 7.54. The van der Waals surface area contributed by atoms with E-state index in [2.05, 4.69) is 0 Å². The van der Waals surface area contributed by atoms with E-state index >= 15 is 0 Å². The molecule has 0 aromatic rings. The first-order chi connectivity index (χ1) is 4.88. The highest BCUT2D eigenvalue weighted by atomic mass is 16.3. The molecular formula is C8H19NO2. The van der Waals surface area contributed by atoms with Crippen molar-refractivity contribution in [3.8, 4) is 0 Å². The van der Waals surface area contributed by atoms with E-state index in [1.54, 1.807) is 0 Å². The van der Waals surface area contributed by atoms with Crippen LogP contribution in [0.25, 0.3) is 0 Å². The number of aliphatic hydroxyl groups excluding tert-OH is 2. The average Bonchev–Trinajstić information content (AvgIpc) is 1.85. The van der Waals surface area contributed by atoms with E-state index < -0.39 is 6.10 Å². The minimum absolute atomic E-state index is 0.0624. The van der Waals surface area contributed by atoms with Gasteiger partial charge < -0.3 is 15.9 Å².